The second kappa shape index (κ2) is 8.22. The largest absolute Gasteiger partial charge is 0.494 e. The molecule has 3 aromatic rings. The highest BCUT2D eigenvalue weighted by Crippen LogP contribution is 2.24. The fourth-order valence-corrected chi connectivity index (χ4v) is 3.59. The van der Waals surface area contributed by atoms with Crippen molar-refractivity contribution in [1.82, 2.24) is 10.2 Å². The second-order valence-corrected chi connectivity index (χ2v) is 7.97. The molecule has 0 atom stereocenters. The van der Waals surface area contributed by atoms with Crippen LogP contribution in [0.3, 0.4) is 0 Å². The molecule has 1 aromatic heterocycles. The van der Waals surface area contributed by atoms with Gasteiger partial charge in [0.25, 0.3) is 5.91 Å². The Morgan fingerprint density at radius 2 is 1.79 bits per heavy atom. The van der Waals surface area contributed by atoms with E-state index >= 15 is 0 Å². The van der Waals surface area contributed by atoms with Crippen molar-refractivity contribution in [2.75, 3.05) is 17.7 Å². The molecule has 2 aromatic carbocycles. The van der Waals surface area contributed by atoms with E-state index in [-0.39, 0.29) is 28.1 Å². The Morgan fingerprint density at radius 1 is 1.07 bits per heavy atom. The van der Waals surface area contributed by atoms with Crippen molar-refractivity contribution >= 4 is 21.8 Å². The molecule has 0 fully saturated rings. The van der Waals surface area contributed by atoms with Crippen LogP contribution in [-0.4, -0.2) is 36.9 Å². The number of hydrogen-bond donors (Lipinski definition) is 1. The minimum absolute atomic E-state index is 0.0187. The number of nitrogens with zero attached hydrogens (tertiary/aromatic N) is 2. The van der Waals surface area contributed by atoms with E-state index in [1.165, 1.54) is 19.1 Å². The number of ether oxygens (including phenoxy) is 1. The van der Waals surface area contributed by atoms with Crippen LogP contribution in [0.4, 0.5) is 6.01 Å². The van der Waals surface area contributed by atoms with E-state index in [1.54, 1.807) is 36.4 Å². The number of amides is 1. The van der Waals surface area contributed by atoms with Crippen LogP contribution < -0.4 is 10.1 Å². The van der Waals surface area contributed by atoms with Crippen LogP contribution >= 0.6 is 0 Å². The van der Waals surface area contributed by atoms with E-state index in [0.717, 1.165) is 0 Å². The van der Waals surface area contributed by atoms with Crippen molar-refractivity contribution in [1.29, 1.82) is 0 Å². The van der Waals surface area contributed by atoms with Gasteiger partial charge in [0.05, 0.1) is 22.8 Å². The summed E-state index contributed by atoms with van der Waals surface area (Å²) in [5.74, 6) is 0.176. The lowest BCUT2D eigenvalue weighted by molar-refractivity contribution is 0.102. The Balaban J connectivity index is 1.80. The van der Waals surface area contributed by atoms with E-state index in [2.05, 4.69) is 15.5 Å². The molecule has 9 heteroatoms. The van der Waals surface area contributed by atoms with E-state index in [9.17, 15) is 13.2 Å². The van der Waals surface area contributed by atoms with Crippen molar-refractivity contribution in [2.24, 2.45) is 0 Å². The summed E-state index contributed by atoms with van der Waals surface area (Å²) in [7, 11) is -3.55. The zero-order chi connectivity index (χ0) is 20.1. The SMILES string of the molecule is CCOc1ccc(-c2nnc(NC(=O)c3ccccc3S(=O)(=O)CC)o2)cc1. The molecule has 0 bridgehead atoms. The molecule has 0 radical (unpaired) electrons. The maximum atomic E-state index is 12.5. The number of aromatic nitrogens is 2. The second-order valence-electron chi connectivity index (χ2n) is 5.72. The van der Waals surface area contributed by atoms with Crippen molar-refractivity contribution in [3.05, 3.63) is 54.1 Å². The molecule has 1 N–H and O–H groups in total. The number of anilines is 1. The molecule has 0 aliphatic heterocycles. The topological polar surface area (TPSA) is 111 Å². The number of hydrogen-bond acceptors (Lipinski definition) is 7. The van der Waals surface area contributed by atoms with Gasteiger partial charge in [-0.1, -0.05) is 24.2 Å². The lowest BCUT2D eigenvalue weighted by atomic mass is 10.2. The van der Waals surface area contributed by atoms with E-state index in [0.29, 0.717) is 17.9 Å². The molecule has 1 amide bonds. The fraction of sp³-hybridized carbons (Fsp3) is 0.211. The molecular weight excluding hydrogens is 382 g/mol. The van der Waals surface area contributed by atoms with Crippen LogP contribution in [0.15, 0.2) is 57.8 Å². The van der Waals surface area contributed by atoms with Gasteiger partial charge < -0.3 is 9.15 Å². The molecule has 0 saturated carbocycles. The molecule has 0 aliphatic carbocycles. The average molecular weight is 401 g/mol. The molecule has 0 unspecified atom stereocenters. The van der Waals surface area contributed by atoms with Crippen molar-refractivity contribution < 1.29 is 22.4 Å². The van der Waals surface area contributed by atoms with Gasteiger partial charge in [0.1, 0.15) is 5.75 Å². The zero-order valence-corrected chi connectivity index (χ0v) is 16.2. The third-order valence-electron chi connectivity index (χ3n) is 3.90. The van der Waals surface area contributed by atoms with Gasteiger partial charge in [-0.05, 0) is 43.3 Å². The van der Waals surface area contributed by atoms with Gasteiger partial charge in [-0.3, -0.25) is 10.1 Å². The Hall–Kier alpha value is -3.20. The van der Waals surface area contributed by atoms with Gasteiger partial charge in [0, 0.05) is 5.56 Å². The summed E-state index contributed by atoms with van der Waals surface area (Å²) in [6, 6.07) is 12.9. The van der Waals surface area contributed by atoms with Crippen LogP contribution in [0, 0.1) is 0 Å². The van der Waals surface area contributed by atoms with Gasteiger partial charge in [0.2, 0.25) is 5.89 Å². The smallest absolute Gasteiger partial charge is 0.322 e. The summed E-state index contributed by atoms with van der Waals surface area (Å²) < 4.78 is 35.2. The number of nitrogens with one attached hydrogen (secondary N) is 1. The van der Waals surface area contributed by atoms with Crippen molar-refractivity contribution in [3.63, 3.8) is 0 Å². The Labute approximate surface area is 162 Å². The summed E-state index contributed by atoms with van der Waals surface area (Å²) in [6.07, 6.45) is 0. The lowest BCUT2D eigenvalue weighted by Crippen LogP contribution is -2.17. The highest BCUT2D eigenvalue weighted by atomic mass is 32.2. The Kier molecular flexibility index (Phi) is 5.74. The quantitative estimate of drug-likeness (QED) is 0.647. The van der Waals surface area contributed by atoms with E-state index < -0.39 is 15.7 Å². The van der Waals surface area contributed by atoms with Crippen LogP contribution in [-0.2, 0) is 9.84 Å². The van der Waals surface area contributed by atoms with Crippen molar-refractivity contribution in [3.8, 4) is 17.2 Å². The number of carbonyl (C=O) groups excluding carboxylic acids is 1. The molecule has 28 heavy (non-hydrogen) atoms. The van der Waals surface area contributed by atoms with Crippen LogP contribution in [0.1, 0.15) is 24.2 Å². The standard InChI is InChI=1S/C19H19N3O5S/c1-3-26-14-11-9-13(10-12-14)18-21-22-19(27-18)20-17(23)15-7-5-6-8-16(15)28(24,25)4-2/h5-12H,3-4H2,1-2H3,(H,20,22,23). The lowest BCUT2D eigenvalue weighted by Gasteiger charge is -2.07. The number of benzene rings is 2. The van der Waals surface area contributed by atoms with Crippen LogP contribution in [0.5, 0.6) is 5.75 Å². The molecular formula is C19H19N3O5S. The summed E-state index contributed by atoms with van der Waals surface area (Å²) >= 11 is 0. The average Bonchev–Trinajstić information content (AvgIpc) is 3.17. The van der Waals surface area contributed by atoms with Crippen LogP contribution in [0.25, 0.3) is 11.5 Å². The number of rotatable bonds is 7. The Morgan fingerprint density at radius 3 is 2.46 bits per heavy atom. The fourth-order valence-electron chi connectivity index (χ4n) is 2.50. The molecule has 1 heterocycles. The van der Waals surface area contributed by atoms with Gasteiger partial charge in [-0.2, -0.15) is 0 Å². The maximum absolute atomic E-state index is 12.5. The first-order valence-electron chi connectivity index (χ1n) is 8.64. The van der Waals surface area contributed by atoms with Gasteiger partial charge in [0.15, 0.2) is 9.84 Å². The zero-order valence-electron chi connectivity index (χ0n) is 15.4. The normalized spacial score (nSPS) is 11.2. The van der Waals surface area contributed by atoms with Gasteiger partial charge in [-0.15, -0.1) is 5.10 Å². The van der Waals surface area contributed by atoms with E-state index in [1.807, 2.05) is 6.92 Å². The molecule has 8 nitrogen and oxygen atoms in total. The van der Waals surface area contributed by atoms with E-state index in [4.69, 9.17) is 9.15 Å². The van der Waals surface area contributed by atoms with Crippen LogP contribution in [0.2, 0.25) is 0 Å². The third kappa shape index (κ3) is 4.20. The Bertz CT molecular complexity index is 1070. The minimum Gasteiger partial charge on any atom is -0.494 e. The van der Waals surface area contributed by atoms with Crippen molar-refractivity contribution in [2.45, 2.75) is 18.7 Å². The minimum atomic E-state index is -3.55. The van der Waals surface area contributed by atoms with Gasteiger partial charge >= 0.3 is 6.01 Å². The number of sulfone groups is 1. The predicted octanol–water partition coefficient (Wildman–Crippen LogP) is 3.18. The van der Waals surface area contributed by atoms with Gasteiger partial charge in [-0.25, -0.2) is 8.42 Å². The molecule has 0 spiro atoms. The molecule has 0 aliphatic rings. The molecule has 146 valence electrons. The predicted molar refractivity (Wildman–Crippen MR) is 103 cm³/mol. The maximum Gasteiger partial charge on any atom is 0.322 e. The first-order valence-corrected chi connectivity index (χ1v) is 10.3. The summed E-state index contributed by atoms with van der Waals surface area (Å²) in [6.45, 7) is 3.97. The molecule has 0 saturated heterocycles. The monoisotopic (exact) mass is 401 g/mol. The summed E-state index contributed by atoms with van der Waals surface area (Å²) in [5, 5.41) is 10.2. The summed E-state index contributed by atoms with van der Waals surface area (Å²) in [5.41, 5.74) is 0.676. The first kappa shape index (κ1) is 19.6. The first-order chi connectivity index (χ1) is 13.4. The highest BCUT2D eigenvalue weighted by molar-refractivity contribution is 7.91. The number of carbonyl (C=O) groups is 1. The summed E-state index contributed by atoms with van der Waals surface area (Å²) in [4.78, 5) is 12.5. The highest BCUT2D eigenvalue weighted by Gasteiger charge is 2.22. The molecule has 3 rings (SSSR count). The third-order valence-corrected chi connectivity index (χ3v) is 5.69.